The third-order valence-corrected chi connectivity index (χ3v) is 3.53. The van der Waals surface area contributed by atoms with Crippen molar-refractivity contribution in [2.45, 2.75) is 45.1 Å². The Morgan fingerprint density at radius 3 is 2.52 bits per heavy atom. The highest BCUT2D eigenvalue weighted by atomic mass is 16.5. The molecule has 0 bridgehead atoms. The Kier molecular flexibility index (Phi) is 16.9. The minimum atomic E-state index is -0.525. The van der Waals surface area contributed by atoms with Gasteiger partial charge in [0.1, 0.15) is 0 Å². The lowest BCUT2D eigenvalue weighted by atomic mass is 10.2. The predicted octanol–water partition coefficient (Wildman–Crippen LogP) is 4.72. The number of likely N-dealkylation sites (N-methyl/N-ethyl adjacent to an activating group) is 1. The van der Waals surface area contributed by atoms with Crippen LogP contribution in [0.15, 0.2) is 73.0 Å². The Morgan fingerprint density at radius 1 is 1.04 bits per heavy atom. The highest BCUT2D eigenvalue weighted by Gasteiger charge is 1.97. The summed E-state index contributed by atoms with van der Waals surface area (Å²) >= 11 is 0. The summed E-state index contributed by atoms with van der Waals surface area (Å²) in [6.07, 6.45) is 26.9. The number of carbonyl (C=O) groups excluding carboxylic acids is 1. The van der Waals surface area contributed by atoms with E-state index in [0.29, 0.717) is 19.3 Å². The highest BCUT2D eigenvalue weighted by molar-refractivity contribution is 5.69. The molecule has 27 heavy (non-hydrogen) atoms. The first-order chi connectivity index (χ1) is 13.1. The summed E-state index contributed by atoms with van der Waals surface area (Å²) in [5, 5.41) is 9.82. The molecule has 0 saturated heterocycles. The molecule has 0 rings (SSSR count). The molecule has 0 heterocycles. The van der Waals surface area contributed by atoms with Gasteiger partial charge in [0.15, 0.2) is 0 Å². The molecule has 1 atom stereocenters. The number of hydrogen-bond donors (Lipinski definition) is 1. The van der Waals surface area contributed by atoms with E-state index in [1.807, 2.05) is 49.7 Å². The van der Waals surface area contributed by atoms with Crippen LogP contribution in [-0.2, 0) is 9.53 Å². The molecule has 0 aromatic rings. The molecular weight excluding hydrogens is 338 g/mol. The number of hydrogen-bond acceptors (Lipinski definition) is 4. The Bertz CT molecular complexity index is 542. The monoisotopic (exact) mass is 373 g/mol. The number of nitrogens with zero attached hydrogens (tertiary/aromatic N) is 1. The van der Waals surface area contributed by atoms with E-state index in [9.17, 15) is 9.90 Å². The zero-order chi connectivity index (χ0) is 20.2. The number of ether oxygens (including phenoxy) is 1. The largest absolute Gasteiger partial charge is 0.469 e. The summed E-state index contributed by atoms with van der Waals surface area (Å²) in [5.74, 6) is -0.218. The smallest absolute Gasteiger partial charge is 0.305 e. The molecule has 4 heteroatoms. The fourth-order valence-electron chi connectivity index (χ4n) is 1.99. The second kappa shape index (κ2) is 18.5. The molecule has 150 valence electrons. The van der Waals surface area contributed by atoms with Crippen LogP contribution in [0.1, 0.15) is 39.0 Å². The molecular formula is C23H35NO3. The Hall–Kier alpha value is -2.33. The minimum absolute atomic E-state index is 0.218. The van der Waals surface area contributed by atoms with Gasteiger partial charge in [-0.3, -0.25) is 4.79 Å². The van der Waals surface area contributed by atoms with Crippen molar-refractivity contribution >= 4 is 5.97 Å². The van der Waals surface area contributed by atoms with E-state index in [0.717, 1.165) is 19.4 Å². The van der Waals surface area contributed by atoms with Gasteiger partial charge in [-0.1, -0.05) is 67.7 Å². The second-order valence-corrected chi connectivity index (χ2v) is 6.03. The van der Waals surface area contributed by atoms with Gasteiger partial charge in [-0.15, -0.1) is 0 Å². The normalized spacial score (nSPS) is 13.9. The van der Waals surface area contributed by atoms with Crippen molar-refractivity contribution in [3.63, 3.8) is 0 Å². The number of esters is 1. The summed E-state index contributed by atoms with van der Waals surface area (Å²) in [5.41, 5.74) is 0. The second-order valence-electron chi connectivity index (χ2n) is 6.03. The van der Waals surface area contributed by atoms with Gasteiger partial charge in [0.05, 0.1) is 13.2 Å². The molecule has 0 aliphatic carbocycles. The maximum atomic E-state index is 10.9. The molecule has 0 unspecified atom stereocenters. The number of allylic oxidation sites excluding steroid dienone is 8. The standard InChI is InChI=1S/C23H35NO3/c1-4-5-6-7-9-15-20-24(2)21-16-10-8-12-17-22(25)18-13-11-14-19-23(26)27-3/h5-6,8-13,15-17,21-22,25H,4,7,14,18-20H2,1-3H3/b6-5-,10-8+,13-11-,15-9-,17-12+,21-16-/t22-/m1/s1. The number of aliphatic hydroxyl groups is 1. The predicted molar refractivity (Wildman–Crippen MR) is 114 cm³/mol. The Morgan fingerprint density at radius 2 is 1.78 bits per heavy atom. The summed E-state index contributed by atoms with van der Waals surface area (Å²) in [6, 6.07) is 0. The summed E-state index contributed by atoms with van der Waals surface area (Å²) in [4.78, 5) is 13.0. The molecule has 1 N–H and O–H groups in total. The van der Waals surface area contributed by atoms with Gasteiger partial charge in [0, 0.05) is 20.0 Å². The van der Waals surface area contributed by atoms with Crippen LogP contribution in [-0.4, -0.2) is 42.8 Å². The highest BCUT2D eigenvalue weighted by Crippen LogP contribution is 1.99. The van der Waals surface area contributed by atoms with E-state index in [2.05, 4.69) is 40.9 Å². The Balaban J connectivity index is 3.91. The molecule has 0 radical (unpaired) electrons. The van der Waals surface area contributed by atoms with Crippen molar-refractivity contribution in [2.75, 3.05) is 20.7 Å². The lowest BCUT2D eigenvalue weighted by molar-refractivity contribution is -0.140. The van der Waals surface area contributed by atoms with Gasteiger partial charge < -0.3 is 14.7 Å². The van der Waals surface area contributed by atoms with Crippen LogP contribution in [0, 0.1) is 0 Å². The fraction of sp³-hybridized carbons (Fsp3) is 0.435. The van der Waals surface area contributed by atoms with Crippen molar-refractivity contribution in [1.82, 2.24) is 4.90 Å². The van der Waals surface area contributed by atoms with Crippen molar-refractivity contribution in [2.24, 2.45) is 0 Å². The molecule has 4 nitrogen and oxygen atoms in total. The average Bonchev–Trinajstić information content (AvgIpc) is 2.66. The first-order valence-electron chi connectivity index (χ1n) is 9.51. The molecule has 0 spiro atoms. The summed E-state index contributed by atoms with van der Waals surface area (Å²) in [6.45, 7) is 3.01. The van der Waals surface area contributed by atoms with Crippen molar-refractivity contribution < 1.29 is 14.6 Å². The van der Waals surface area contributed by atoms with E-state index in [1.165, 1.54) is 7.11 Å². The van der Waals surface area contributed by atoms with E-state index in [4.69, 9.17) is 0 Å². The molecule has 0 amide bonds. The van der Waals surface area contributed by atoms with Crippen LogP contribution < -0.4 is 0 Å². The van der Waals surface area contributed by atoms with Gasteiger partial charge in [0.25, 0.3) is 0 Å². The SMILES string of the molecule is CC/C=C\C/C=C\CN(C)\C=C/C=C/C=C/[C@@H](O)C/C=C\CCC(=O)OC. The van der Waals surface area contributed by atoms with Crippen LogP contribution >= 0.6 is 0 Å². The van der Waals surface area contributed by atoms with Crippen LogP contribution in [0.4, 0.5) is 0 Å². The summed E-state index contributed by atoms with van der Waals surface area (Å²) in [7, 11) is 3.41. The van der Waals surface area contributed by atoms with Gasteiger partial charge in [-0.2, -0.15) is 0 Å². The van der Waals surface area contributed by atoms with Crippen LogP contribution in [0.25, 0.3) is 0 Å². The van der Waals surface area contributed by atoms with E-state index in [1.54, 1.807) is 6.08 Å². The molecule has 0 aliphatic rings. The quantitative estimate of drug-likeness (QED) is 0.272. The maximum Gasteiger partial charge on any atom is 0.305 e. The third kappa shape index (κ3) is 18.3. The first kappa shape index (κ1) is 24.7. The maximum absolute atomic E-state index is 10.9. The minimum Gasteiger partial charge on any atom is -0.469 e. The number of aliphatic hydroxyl groups excluding tert-OH is 1. The third-order valence-electron chi connectivity index (χ3n) is 3.53. The summed E-state index contributed by atoms with van der Waals surface area (Å²) < 4.78 is 4.56. The van der Waals surface area contributed by atoms with Crippen LogP contribution in [0.3, 0.4) is 0 Å². The molecule has 0 saturated carbocycles. The van der Waals surface area contributed by atoms with Gasteiger partial charge in [-0.05, 0) is 38.0 Å². The zero-order valence-electron chi connectivity index (χ0n) is 17.0. The van der Waals surface area contributed by atoms with Gasteiger partial charge in [-0.25, -0.2) is 0 Å². The van der Waals surface area contributed by atoms with Gasteiger partial charge >= 0.3 is 5.97 Å². The fourth-order valence-corrected chi connectivity index (χ4v) is 1.99. The van der Waals surface area contributed by atoms with E-state index < -0.39 is 6.10 Å². The zero-order valence-corrected chi connectivity index (χ0v) is 17.0. The first-order valence-corrected chi connectivity index (χ1v) is 9.51. The average molecular weight is 374 g/mol. The van der Waals surface area contributed by atoms with E-state index in [-0.39, 0.29) is 5.97 Å². The molecule has 0 fully saturated rings. The topological polar surface area (TPSA) is 49.8 Å². The Labute approximate surface area is 164 Å². The van der Waals surface area contributed by atoms with Gasteiger partial charge in [0.2, 0.25) is 0 Å². The van der Waals surface area contributed by atoms with Crippen LogP contribution in [0.5, 0.6) is 0 Å². The lowest BCUT2D eigenvalue weighted by Crippen LogP contribution is -2.09. The molecule has 0 aromatic carbocycles. The van der Waals surface area contributed by atoms with Crippen molar-refractivity contribution in [3.8, 4) is 0 Å². The van der Waals surface area contributed by atoms with Crippen molar-refractivity contribution in [3.05, 3.63) is 73.0 Å². The molecule has 0 aliphatic heterocycles. The lowest BCUT2D eigenvalue weighted by Gasteiger charge is -2.09. The number of carbonyl (C=O) groups is 1. The van der Waals surface area contributed by atoms with Crippen LogP contribution in [0.2, 0.25) is 0 Å². The van der Waals surface area contributed by atoms with Crippen molar-refractivity contribution in [1.29, 1.82) is 0 Å². The molecule has 0 aromatic heterocycles. The number of methoxy groups -OCH3 is 1. The van der Waals surface area contributed by atoms with E-state index >= 15 is 0 Å². The number of rotatable bonds is 14.